The zero-order valence-corrected chi connectivity index (χ0v) is 17.7. The number of hydrogen-bond acceptors (Lipinski definition) is 4. The number of halogens is 1. The lowest BCUT2D eigenvalue weighted by Gasteiger charge is -2.33. The summed E-state index contributed by atoms with van der Waals surface area (Å²) in [4.78, 5) is 52.0. The maximum atomic E-state index is 12.9. The number of benzene rings is 1. The average Bonchev–Trinajstić information content (AvgIpc) is 3.18. The average molecular weight is 463 g/mol. The van der Waals surface area contributed by atoms with Gasteiger partial charge in [-0.3, -0.25) is 19.8 Å². The summed E-state index contributed by atoms with van der Waals surface area (Å²) in [5.41, 5.74) is 2.23. The van der Waals surface area contributed by atoms with Gasteiger partial charge in [0.2, 0.25) is 11.8 Å². The topological polar surface area (TPSA) is 98.8 Å². The molecule has 0 aromatic heterocycles. The predicted octanol–water partition coefficient (Wildman–Crippen LogP) is 2.33. The quantitative estimate of drug-likeness (QED) is 0.673. The Bertz CT molecular complexity index is 881. The molecule has 2 aliphatic heterocycles. The van der Waals surface area contributed by atoms with Gasteiger partial charge < -0.3 is 10.2 Å². The van der Waals surface area contributed by atoms with Crippen molar-refractivity contribution in [2.45, 2.75) is 44.6 Å². The molecule has 3 aliphatic rings. The van der Waals surface area contributed by atoms with E-state index >= 15 is 0 Å². The van der Waals surface area contributed by atoms with Crippen LogP contribution in [-0.4, -0.2) is 40.8 Å². The Morgan fingerprint density at radius 2 is 1.90 bits per heavy atom. The molecule has 0 radical (unpaired) electrons. The second-order valence-electron chi connectivity index (χ2n) is 8.17. The Labute approximate surface area is 177 Å². The van der Waals surface area contributed by atoms with Crippen LogP contribution < -0.4 is 15.6 Å². The molecule has 2 N–H and O–H groups in total. The van der Waals surface area contributed by atoms with Crippen LogP contribution >= 0.6 is 15.9 Å². The zero-order chi connectivity index (χ0) is 20.8. The first-order chi connectivity index (χ1) is 13.8. The van der Waals surface area contributed by atoms with Crippen LogP contribution in [0, 0.1) is 11.8 Å². The van der Waals surface area contributed by atoms with Gasteiger partial charge in [-0.15, -0.1) is 0 Å². The van der Waals surface area contributed by atoms with E-state index in [4.69, 9.17) is 0 Å². The maximum absolute atomic E-state index is 12.9. The zero-order valence-electron chi connectivity index (χ0n) is 16.1. The highest BCUT2D eigenvalue weighted by molar-refractivity contribution is 9.10. The molecule has 1 atom stereocenters. The van der Waals surface area contributed by atoms with Crippen molar-refractivity contribution in [2.24, 2.45) is 11.8 Å². The molecule has 1 spiro atoms. The molecular formula is C20H23BrN4O4. The molecule has 1 saturated carbocycles. The smallest absolute Gasteiger partial charge is 0.322 e. The number of para-hydroxylation sites is 1. The lowest BCUT2D eigenvalue weighted by molar-refractivity contribution is -0.141. The summed E-state index contributed by atoms with van der Waals surface area (Å²) in [5.74, 6) is -1.21. The summed E-state index contributed by atoms with van der Waals surface area (Å²) in [6.45, 7) is 2.32. The summed E-state index contributed by atoms with van der Waals surface area (Å²) in [7, 11) is 0. The minimum atomic E-state index is -0.913. The van der Waals surface area contributed by atoms with Crippen molar-refractivity contribution in [3.05, 3.63) is 28.7 Å². The number of nitrogens with zero attached hydrogens (tertiary/aromatic N) is 2. The minimum Gasteiger partial charge on any atom is -0.322 e. The van der Waals surface area contributed by atoms with E-state index < -0.39 is 29.3 Å². The normalized spacial score (nSPS) is 29.5. The third kappa shape index (κ3) is 3.52. The molecular weight excluding hydrogens is 440 g/mol. The second kappa shape index (κ2) is 7.44. The van der Waals surface area contributed by atoms with Crippen molar-refractivity contribution in [1.29, 1.82) is 0 Å². The fraction of sp³-hybridized carbons (Fsp3) is 0.500. The molecule has 1 unspecified atom stereocenters. The van der Waals surface area contributed by atoms with Gasteiger partial charge in [0, 0.05) is 17.4 Å². The van der Waals surface area contributed by atoms with Crippen LogP contribution in [0.2, 0.25) is 0 Å². The van der Waals surface area contributed by atoms with E-state index in [0.717, 1.165) is 22.3 Å². The van der Waals surface area contributed by atoms with Crippen molar-refractivity contribution in [1.82, 2.24) is 15.8 Å². The molecule has 8 nitrogen and oxygen atoms in total. The summed E-state index contributed by atoms with van der Waals surface area (Å²) < 4.78 is 0.761. The lowest BCUT2D eigenvalue weighted by Crippen LogP contribution is -2.52. The van der Waals surface area contributed by atoms with Crippen molar-refractivity contribution in [2.75, 3.05) is 11.4 Å². The number of amides is 5. The van der Waals surface area contributed by atoms with E-state index in [9.17, 15) is 19.2 Å². The molecule has 2 heterocycles. The van der Waals surface area contributed by atoms with E-state index in [1.165, 1.54) is 0 Å². The summed E-state index contributed by atoms with van der Waals surface area (Å²) >= 11 is 3.42. The van der Waals surface area contributed by atoms with Crippen LogP contribution in [0.1, 0.15) is 39.0 Å². The Hall–Kier alpha value is -2.42. The number of rotatable bonds is 3. The standard InChI is InChI=1S/C20H23BrN4O4/c1-12-6-8-20(9-7-12)18(28)25(19(29)22-20)23-17(27)13-10-16(26)24(11-13)15-5-3-2-4-14(15)21/h2-5,12-13H,6-11H2,1H3,(H,22,29)(H,23,27). The molecule has 9 heteroatoms. The van der Waals surface area contributed by atoms with Gasteiger partial charge >= 0.3 is 6.03 Å². The largest absolute Gasteiger partial charge is 0.344 e. The molecule has 0 bridgehead atoms. The SMILES string of the molecule is CC1CCC2(CC1)NC(=O)N(NC(=O)C1CC(=O)N(c3ccccc3Br)C1)C2=O. The number of hydrogen-bond donors (Lipinski definition) is 2. The number of urea groups is 1. The van der Waals surface area contributed by atoms with Crippen LogP contribution in [-0.2, 0) is 14.4 Å². The molecule has 4 rings (SSSR count). The number of carbonyl (C=O) groups is 4. The van der Waals surface area contributed by atoms with Gasteiger partial charge in [-0.1, -0.05) is 19.1 Å². The Morgan fingerprint density at radius 1 is 1.21 bits per heavy atom. The summed E-state index contributed by atoms with van der Waals surface area (Å²) in [6.07, 6.45) is 2.88. The fourth-order valence-corrected chi connectivity index (χ4v) is 4.80. The highest BCUT2D eigenvalue weighted by atomic mass is 79.9. The summed E-state index contributed by atoms with van der Waals surface area (Å²) in [6, 6.07) is 6.68. The number of hydrazine groups is 1. The minimum absolute atomic E-state index is 0.0273. The van der Waals surface area contributed by atoms with Crippen LogP contribution in [0.5, 0.6) is 0 Å². The van der Waals surface area contributed by atoms with E-state index in [1.54, 1.807) is 11.0 Å². The highest BCUT2D eigenvalue weighted by Gasteiger charge is 2.53. The van der Waals surface area contributed by atoms with E-state index in [-0.39, 0.29) is 18.9 Å². The van der Waals surface area contributed by atoms with Crippen molar-refractivity contribution in [3.63, 3.8) is 0 Å². The van der Waals surface area contributed by atoms with Gasteiger partial charge in [0.25, 0.3) is 5.91 Å². The van der Waals surface area contributed by atoms with E-state index in [2.05, 4.69) is 33.6 Å². The van der Waals surface area contributed by atoms with Crippen LogP contribution in [0.25, 0.3) is 0 Å². The first-order valence-corrected chi connectivity index (χ1v) is 10.6. The Kier molecular flexibility index (Phi) is 5.10. The van der Waals surface area contributed by atoms with Crippen LogP contribution in [0.3, 0.4) is 0 Å². The second-order valence-corrected chi connectivity index (χ2v) is 9.02. The third-order valence-corrected chi connectivity index (χ3v) is 6.82. The highest BCUT2D eigenvalue weighted by Crippen LogP contribution is 2.36. The third-order valence-electron chi connectivity index (χ3n) is 6.15. The van der Waals surface area contributed by atoms with Gasteiger partial charge in [-0.05, 0) is 59.7 Å². The molecule has 29 heavy (non-hydrogen) atoms. The molecule has 154 valence electrons. The molecule has 3 fully saturated rings. The van der Waals surface area contributed by atoms with Gasteiger partial charge in [0.15, 0.2) is 0 Å². The lowest BCUT2D eigenvalue weighted by atomic mass is 9.77. The van der Waals surface area contributed by atoms with Crippen molar-refractivity contribution < 1.29 is 19.2 Å². The molecule has 2 saturated heterocycles. The first kappa shape index (κ1) is 19.9. The van der Waals surface area contributed by atoms with Crippen LogP contribution in [0.15, 0.2) is 28.7 Å². The van der Waals surface area contributed by atoms with E-state index in [1.807, 2.05) is 18.2 Å². The molecule has 1 aromatic rings. The monoisotopic (exact) mass is 462 g/mol. The molecule has 1 aliphatic carbocycles. The Balaban J connectivity index is 1.43. The van der Waals surface area contributed by atoms with Gasteiger partial charge in [-0.2, -0.15) is 5.01 Å². The van der Waals surface area contributed by atoms with Crippen LogP contribution in [0.4, 0.5) is 10.5 Å². The Morgan fingerprint density at radius 3 is 2.59 bits per heavy atom. The maximum Gasteiger partial charge on any atom is 0.344 e. The van der Waals surface area contributed by atoms with Crippen molar-refractivity contribution in [3.8, 4) is 0 Å². The molecule has 5 amide bonds. The summed E-state index contributed by atoms with van der Waals surface area (Å²) in [5, 5.41) is 3.57. The van der Waals surface area contributed by atoms with Crippen molar-refractivity contribution >= 4 is 45.4 Å². The van der Waals surface area contributed by atoms with Gasteiger partial charge in [0.05, 0.1) is 11.6 Å². The number of nitrogens with one attached hydrogen (secondary N) is 2. The number of anilines is 1. The number of imide groups is 1. The number of carbonyl (C=O) groups excluding carboxylic acids is 4. The van der Waals surface area contributed by atoms with E-state index in [0.29, 0.717) is 24.4 Å². The predicted molar refractivity (Wildman–Crippen MR) is 108 cm³/mol. The van der Waals surface area contributed by atoms with Gasteiger partial charge in [0.1, 0.15) is 5.54 Å². The fourth-order valence-electron chi connectivity index (χ4n) is 4.30. The molecule has 1 aromatic carbocycles. The van der Waals surface area contributed by atoms with Gasteiger partial charge in [-0.25, -0.2) is 4.79 Å². The first-order valence-electron chi connectivity index (χ1n) is 9.83.